The maximum absolute atomic E-state index is 12.4. The number of amides is 1. The third-order valence-corrected chi connectivity index (χ3v) is 5.95. The number of carbonyl (C=O) groups excluding carboxylic acids is 1. The minimum atomic E-state index is -0.764. The zero-order valence-corrected chi connectivity index (χ0v) is 19.0. The first-order valence-electron chi connectivity index (χ1n) is 11.1. The summed E-state index contributed by atoms with van der Waals surface area (Å²) >= 11 is 0. The summed E-state index contributed by atoms with van der Waals surface area (Å²) in [5, 5.41) is 19.3. The Morgan fingerprint density at radius 1 is 1.32 bits per heavy atom. The van der Waals surface area contributed by atoms with Gasteiger partial charge in [-0.15, -0.1) is 0 Å². The second-order valence-corrected chi connectivity index (χ2v) is 9.26. The molecule has 0 aliphatic carbocycles. The van der Waals surface area contributed by atoms with Gasteiger partial charge in [0, 0.05) is 32.9 Å². The van der Waals surface area contributed by atoms with E-state index in [1.807, 2.05) is 35.2 Å². The summed E-state index contributed by atoms with van der Waals surface area (Å²) in [5.41, 5.74) is 2.11. The van der Waals surface area contributed by atoms with Gasteiger partial charge in [0.1, 0.15) is 0 Å². The van der Waals surface area contributed by atoms with E-state index >= 15 is 0 Å². The predicted molar refractivity (Wildman–Crippen MR) is 121 cm³/mol. The Morgan fingerprint density at radius 2 is 2.06 bits per heavy atom. The lowest BCUT2D eigenvalue weighted by Crippen LogP contribution is -2.35. The Labute approximate surface area is 185 Å². The van der Waals surface area contributed by atoms with Crippen molar-refractivity contribution in [3.63, 3.8) is 0 Å². The number of ether oxygens (including phenoxy) is 1. The van der Waals surface area contributed by atoms with Crippen molar-refractivity contribution in [2.24, 2.45) is 5.41 Å². The van der Waals surface area contributed by atoms with E-state index in [-0.39, 0.29) is 23.8 Å². The van der Waals surface area contributed by atoms with E-state index in [0.29, 0.717) is 32.4 Å². The molecular weight excluding hydrogens is 394 g/mol. The molecule has 31 heavy (non-hydrogen) atoms. The molecule has 1 amide bonds. The molecule has 1 aliphatic heterocycles. The average molecular weight is 432 g/mol. The molecule has 0 bridgehead atoms. The minimum Gasteiger partial charge on any atom is -0.481 e. The van der Waals surface area contributed by atoms with Crippen molar-refractivity contribution in [1.82, 2.24) is 4.90 Å². The molecule has 0 unspecified atom stereocenters. The Hall–Kier alpha value is -2.18. The number of hydrogen-bond acceptors (Lipinski definition) is 4. The van der Waals surface area contributed by atoms with Crippen LogP contribution in [0.3, 0.4) is 0 Å². The average Bonchev–Trinajstić information content (AvgIpc) is 3.04. The molecule has 2 N–H and O–H groups in total. The lowest BCUT2D eigenvalue weighted by molar-refractivity contribution is -0.137. The normalized spacial score (nSPS) is 18.1. The second kappa shape index (κ2) is 12.0. The molecule has 2 atom stereocenters. The van der Waals surface area contributed by atoms with Crippen molar-refractivity contribution in [1.29, 1.82) is 0 Å². The molecule has 1 heterocycles. The molecule has 0 spiro atoms. The molecule has 6 nitrogen and oxygen atoms in total. The number of methoxy groups -OCH3 is 1. The monoisotopic (exact) mass is 431 g/mol. The van der Waals surface area contributed by atoms with E-state index in [1.165, 1.54) is 0 Å². The van der Waals surface area contributed by atoms with Crippen molar-refractivity contribution in [2.45, 2.75) is 77.5 Å². The zero-order valence-electron chi connectivity index (χ0n) is 19.0. The lowest BCUT2D eigenvalue weighted by Gasteiger charge is -2.30. The Morgan fingerprint density at radius 3 is 2.77 bits per heavy atom. The summed E-state index contributed by atoms with van der Waals surface area (Å²) in [5.74, 6) is -0.613. The van der Waals surface area contributed by atoms with Gasteiger partial charge in [-0.2, -0.15) is 0 Å². The number of carboxylic acid groups (broad SMARTS) is 1. The molecule has 0 aromatic heterocycles. The van der Waals surface area contributed by atoms with Crippen molar-refractivity contribution in [2.75, 3.05) is 13.7 Å². The van der Waals surface area contributed by atoms with Gasteiger partial charge in [0.2, 0.25) is 5.91 Å². The first-order valence-corrected chi connectivity index (χ1v) is 11.1. The highest BCUT2D eigenvalue weighted by molar-refractivity contribution is 5.79. The topological polar surface area (TPSA) is 87.1 Å². The fourth-order valence-corrected chi connectivity index (χ4v) is 4.09. The fourth-order valence-electron chi connectivity index (χ4n) is 4.09. The Balaban J connectivity index is 1.88. The molecule has 1 aromatic carbocycles. The summed E-state index contributed by atoms with van der Waals surface area (Å²) in [6, 6.07) is 8.01. The number of hydrogen-bond donors (Lipinski definition) is 2. The Kier molecular flexibility index (Phi) is 9.72. The first-order chi connectivity index (χ1) is 14.7. The number of carbonyl (C=O) groups is 2. The number of aliphatic hydroxyl groups is 1. The van der Waals surface area contributed by atoms with E-state index in [1.54, 1.807) is 13.2 Å². The molecule has 0 saturated carbocycles. The lowest BCUT2D eigenvalue weighted by atomic mass is 9.83. The summed E-state index contributed by atoms with van der Waals surface area (Å²) in [6.45, 7) is 5.46. The highest BCUT2D eigenvalue weighted by Gasteiger charge is 2.30. The Bertz CT molecular complexity index is 758. The van der Waals surface area contributed by atoms with Crippen molar-refractivity contribution < 1.29 is 24.5 Å². The van der Waals surface area contributed by atoms with Crippen LogP contribution >= 0.6 is 0 Å². The number of likely N-dealkylation sites (tertiary alicyclic amines) is 1. The third kappa shape index (κ3) is 8.83. The number of aliphatic carboxylic acids is 1. The van der Waals surface area contributed by atoms with E-state index in [4.69, 9.17) is 9.84 Å². The molecule has 2 rings (SSSR count). The van der Waals surface area contributed by atoms with E-state index in [9.17, 15) is 14.7 Å². The highest BCUT2D eigenvalue weighted by atomic mass is 16.5. The first kappa shape index (κ1) is 25.1. The molecular formula is C25H37NO5. The van der Waals surface area contributed by atoms with Gasteiger partial charge >= 0.3 is 5.97 Å². The standard InChI is InChI=1S/C25H37NO5/c1-25(2,13-5-8-24(29)30)14-15-26-21(10-12-23(26)28)9-11-22(27)17-19-6-4-7-20(16-19)18-31-3/h4,6-7,9,11,16,21-22,27H,5,8,10,12-15,17-18H2,1-3H3,(H,29,30)/t21-,22+/m0/s1. The maximum atomic E-state index is 12.4. The van der Waals surface area contributed by atoms with Gasteiger partial charge in [0.15, 0.2) is 0 Å². The van der Waals surface area contributed by atoms with Crippen molar-refractivity contribution >= 4 is 11.9 Å². The van der Waals surface area contributed by atoms with Gasteiger partial charge in [-0.3, -0.25) is 9.59 Å². The number of rotatable bonds is 13. The van der Waals surface area contributed by atoms with E-state index < -0.39 is 12.1 Å². The smallest absolute Gasteiger partial charge is 0.303 e. The van der Waals surface area contributed by atoms with E-state index in [2.05, 4.69) is 13.8 Å². The quantitative estimate of drug-likeness (QED) is 0.462. The fraction of sp³-hybridized carbons (Fsp3) is 0.600. The summed E-state index contributed by atoms with van der Waals surface area (Å²) < 4.78 is 5.16. The summed E-state index contributed by atoms with van der Waals surface area (Å²) in [6.07, 6.45) is 7.47. The van der Waals surface area contributed by atoms with Crippen LogP contribution in [0.15, 0.2) is 36.4 Å². The van der Waals surface area contributed by atoms with Gasteiger partial charge in [-0.25, -0.2) is 0 Å². The summed E-state index contributed by atoms with van der Waals surface area (Å²) in [4.78, 5) is 25.0. The molecule has 1 aromatic rings. The van der Waals surface area contributed by atoms with Crippen LogP contribution in [-0.2, 0) is 27.4 Å². The largest absolute Gasteiger partial charge is 0.481 e. The number of aliphatic hydroxyl groups excluding tert-OH is 1. The van der Waals surface area contributed by atoms with Crippen LogP contribution < -0.4 is 0 Å². The number of carboxylic acids is 1. The molecule has 0 radical (unpaired) electrons. The molecule has 1 fully saturated rings. The highest BCUT2D eigenvalue weighted by Crippen LogP contribution is 2.30. The van der Waals surface area contributed by atoms with Crippen molar-refractivity contribution in [3.8, 4) is 0 Å². The van der Waals surface area contributed by atoms with Gasteiger partial charge in [-0.1, -0.05) is 50.3 Å². The third-order valence-electron chi connectivity index (χ3n) is 5.95. The van der Waals surface area contributed by atoms with Crippen LogP contribution in [0.4, 0.5) is 0 Å². The van der Waals surface area contributed by atoms with E-state index in [0.717, 1.165) is 30.4 Å². The molecule has 172 valence electrons. The van der Waals surface area contributed by atoms with Crippen LogP contribution in [0, 0.1) is 5.41 Å². The van der Waals surface area contributed by atoms with Gasteiger partial charge in [-0.05, 0) is 42.2 Å². The van der Waals surface area contributed by atoms with Crippen LogP contribution in [0.1, 0.15) is 63.5 Å². The van der Waals surface area contributed by atoms with Gasteiger partial charge < -0.3 is 19.8 Å². The molecule has 1 aliphatic rings. The minimum absolute atomic E-state index is 0.0109. The zero-order chi connectivity index (χ0) is 22.9. The maximum Gasteiger partial charge on any atom is 0.303 e. The SMILES string of the molecule is COCc1cccc(C[C@H](O)C=C[C@H]2CCC(=O)N2CCC(C)(C)CCCC(=O)O)c1. The second-order valence-electron chi connectivity index (χ2n) is 9.26. The predicted octanol–water partition coefficient (Wildman–Crippen LogP) is 3.95. The van der Waals surface area contributed by atoms with Gasteiger partial charge in [0.25, 0.3) is 0 Å². The van der Waals surface area contributed by atoms with Gasteiger partial charge in [0.05, 0.1) is 18.8 Å². The number of nitrogens with zero attached hydrogens (tertiary/aromatic N) is 1. The summed E-state index contributed by atoms with van der Waals surface area (Å²) in [7, 11) is 1.66. The van der Waals surface area contributed by atoms with Crippen LogP contribution in [0.5, 0.6) is 0 Å². The molecule has 6 heteroatoms. The van der Waals surface area contributed by atoms with Crippen LogP contribution in [-0.4, -0.2) is 52.8 Å². The van der Waals surface area contributed by atoms with Crippen LogP contribution in [0.2, 0.25) is 0 Å². The van der Waals surface area contributed by atoms with Crippen LogP contribution in [0.25, 0.3) is 0 Å². The number of benzene rings is 1. The molecule has 1 saturated heterocycles. The van der Waals surface area contributed by atoms with Crippen molar-refractivity contribution in [3.05, 3.63) is 47.5 Å².